The molecule has 0 unspecified atom stereocenters. The number of hydrogen-bond donors (Lipinski definition) is 0. The van der Waals surface area contributed by atoms with E-state index in [0.717, 1.165) is 35.1 Å². The van der Waals surface area contributed by atoms with Gasteiger partial charge in [-0.1, -0.05) is 12.1 Å². The molecule has 1 amide bonds. The summed E-state index contributed by atoms with van der Waals surface area (Å²) in [7, 11) is 0. The molecule has 26 heavy (non-hydrogen) atoms. The van der Waals surface area contributed by atoms with Gasteiger partial charge < -0.3 is 4.90 Å². The first-order chi connectivity index (χ1) is 12.3. The van der Waals surface area contributed by atoms with Crippen molar-refractivity contribution in [3.05, 3.63) is 56.2 Å². The minimum atomic E-state index is -4.31. The predicted octanol–water partition coefficient (Wildman–Crippen LogP) is 4.88. The van der Waals surface area contributed by atoms with Crippen molar-refractivity contribution in [1.82, 2.24) is 9.80 Å². The van der Waals surface area contributed by atoms with Gasteiger partial charge in [-0.2, -0.15) is 13.2 Å². The standard InChI is InChI=1S/C18H18BrF3N2OS/c19-15-6-11-26-16(15)17(25)24-8-1-7-23(9-10-24)12-13-2-4-14(5-3-13)18(20,21)22/h2-6,11H,1,7-10,12H2. The van der Waals surface area contributed by atoms with Crippen LogP contribution in [-0.2, 0) is 12.7 Å². The smallest absolute Gasteiger partial charge is 0.337 e. The second-order valence-electron chi connectivity index (χ2n) is 6.21. The summed E-state index contributed by atoms with van der Waals surface area (Å²) >= 11 is 4.82. The summed E-state index contributed by atoms with van der Waals surface area (Å²) in [6, 6.07) is 7.17. The van der Waals surface area contributed by atoms with Crippen molar-refractivity contribution in [3.63, 3.8) is 0 Å². The van der Waals surface area contributed by atoms with E-state index in [4.69, 9.17) is 0 Å². The number of amides is 1. The Bertz CT molecular complexity index is 761. The Labute approximate surface area is 162 Å². The van der Waals surface area contributed by atoms with Gasteiger partial charge in [0, 0.05) is 37.2 Å². The van der Waals surface area contributed by atoms with Crippen molar-refractivity contribution >= 4 is 33.2 Å². The fourth-order valence-electron chi connectivity index (χ4n) is 2.98. The molecule has 0 aliphatic carbocycles. The first-order valence-corrected chi connectivity index (χ1v) is 9.92. The molecule has 0 radical (unpaired) electrons. The average molecular weight is 447 g/mol. The quantitative estimate of drug-likeness (QED) is 0.670. The topological polar surface area (TPSA) is 23.6 Å². The number of halogens is 4. The molecule has 1 aromatic carbocycles. The third-order valence-corrected chi connectivity index (χ3v) is 6.20. The molecule has 1 aliphatic rings. The van der Waals surface area contributed by atoms with Gasteiger partial charge in [-0.15, -0.1) is 11.3 Å². The number of rotatable bonds is 3. The summed E-state index contributed by atoms with van der Waals surface area (Å²) in [5.41, 5.74) is 0.217. The lowest BCUT2D eigenvalue weighted by Crippen LogP contribution is -2.34. The molecule has 8 heteroatoms. The highest BCUT2D eigenvalue weighted by atomic mass is 79.9. The van der Waals surface area contributed by atoms with Crippen LogP contribution in [0.4, 0.5) is 13.2 Å². The molecule has 2 aromatic rings. The van der Waals surface area contributed by atoms with Crippen LogP contribution in [-0.4, -0.2) is 41.9 Å². The van der Waals surface area contributed by atoms with E-state index in [0.29, 0.717) is 31.1 Å². The Morgan fingerprint density at radius 1 is 1.08 bits per heavy atom. The Morgan fingerprint density at radius 3 is 2.42 bits per heavy atom. The SMILES string of the molecule is O=C(c1sccc1Br)N1CCCN(Cc2ccc(C(F)(F)F)cc2)CC1. The van der Waals surface area contributed by atoms with Crippen molar-refractivity contribution in [1.29, 1.82) is 0 Å². The predicted molar refractivity (Wildman–Crippen MR) is 99.3 cm³/mol. The van der Waals surface area contributed by atoms with Crippen LogP contribution in [0.5, 0.6) is 0 Å². The highest BCUT2D eigenvalue weighted by Crippen LogP contribution is 2.29. The molecule has 1 aromatic heterocycles. The van der Waals surface area contributed by atoms with Gasteiger partial charge in [0.15, 0.2) is 0 Å². The van der Waals surface area contributed by atoms with Crippen LogP contribution in [0.2, 0.25) is 0 Å². The minimum Gasteiger partial charge on any atom is -0.337 e. The first kappa shape index (κ1) is 19.4. The molecule has 140 valence electrons. The maximum Gasteiger partial charge on any atom is 0.416 e. The average Bonchev–Trinajstić information content (AvgIpc) is 2.88. The van der Waals surface area contributed by atoms with E-state index in [1.807, 2.05) is 16.3 Å². The fraction of sp³-hybridized carbons (Fsp3) is 0.389. The van der Waals surface area contributed by atoms with Gasteiger partial charge in [0.05, 0.1) is 5.56 Å². The van der Waals surface area contributed by atoms with Gasteiger partial charge in [0.25, 0.3) is 5.91 Å². The Kier molecular flexibility index (Phi) is 6.04. The summed E-state index contributed by atoms with van der Waals surface area (Å²) in [6.45, 7) is 3.41. The summed E-state index contributed by atoms with van der Waals surface area (Å²) in [4.78, 5) is 17.4. The summed E-state index contributed by atoms with van der Waals surface area (Å²) in [5.74, 6) is 0.0308. The molecule has 0 bridgehead atoms. The summed E-state index contributed by atoms with van der Waals surface area (Å²) < 4.78 is 38.8. The molecule has 2 heterocycles. The molecule has 1 aliphatic heterocycles. The van der Waals surface area contributed by atoms with Crippen LogP contribution in [0.15, 0.2) is 40.2 Å². The zero-order chi connectivity index (χ0) is 18.7. The number of carbonyl (C=O) groups excluding carboxylic acids is 1. The van der Waals surface area contributed by atoms with Crippen molar-refractivity contribution in [2.24, 2.45) is 0 Å². The summed E-state index contributed by atoms with van der Waals surface area (Å²) in [6.07, 6.45) is -3.46. The Morgan fingerprint density at radius 2 is 1.81 bits per heavy atom. The van der Waals surface area contributed by atoms with E-state index >= 15 is 0 Å². The second kappa shape index (κ2) is 8.10. The van der Waals surface area contributed by atoms with Crippen LogP contribution in [0.25, 0.3) is 0 Å². The molecule has 0 spiro atoms. The zero-order valence-corrected chi connectivity index (χ0v) is 16.3. The molecule has 3 nitrogen and oxygen atoms in total. The number of hydrogen-bond acceptors (Lipinski definition) is 3. The van der Waals surface area contributed by atoms with Gasteiger partial charge in [0.1, 0.15) is 4.88 Å². The number of thiophene rings is 1. The molecule has 3 rings (SSSR count). The largest absolute Gasteiger partial charge is 0.416 e. The number of benzene rings is 1. The molecular weight excluding hydrogens is 429 g/mol. The molecule has 0 N–H and O–H groups in total. The highest BCUT2D eigenvalue weighted by Gasteiger charge is 2.30. The van der Waals surface area contributed by atoms with Crippen molar-refractivity contribution in [2.75, 3.05) is 26.2 Å². The lowest BCUT2D eigenvalue weighted by Gasteiger charge is -2.22. The Hall–Kier alpha value is -1.38. The maximum absolute atomic E-state index is 12.6. The van der Waals surface area contributed by atoms with Crippen LogP contribution in [0.1, 0.15) is 27.2 Å². The molecule has 1 fully saturated rings. The normalized spacial score (nSPS) is 16.5. The van der Waals surface area contributed by atoms with Gasteiger partial charge >= 0.3 is 6.18 Å². The monoisotopic (exact) mass is 446 g/mol. The molecule has 0 atom stereocenters. The minimum absolute atomic E-state index is 0.0308. The van der Waals surface area contributed by atoms with E-state index in [1.54, 1.807) is 0 Å². The third kappa shape index (κ3) is 4.66. The van der Waals surface area contributed by atoms with E-state index in [1.165, 1.54) is 23.5 Å². The zero-order valence-electron chi connectivity index (χ0n) is 13.9. The fourth-order valence-corrected chi connectivity index (χ4v) is 4.49. The Balaban J connectivity index is 1.59. The second-order valence-corrected chi connectivity index (χ2v) is 7.98. The molecule has 1 saturated heterocycles. The van der Waals surface area contributed by atoms with Gasteiger partial charge in [-0.25, -0.2) is 0 Å². The molecule has 0 saturated carbocycles. The number of carbonyl (C=O) groups is 1. The number of nitrogens with zero attached hydrogens (tertiary/aromatic N) is 2. The van der Waals surface area contributed by atoms with E-state index in [2.05, 4.69) is 20.8 Å². The van der Waals surface area contributed by atoms with E-state index in [9.17, 15) is 18.0 Å². The summed E-state index contributed by atoms with van der Waals surface area (Å²) in [5, 5.41) is 1.88. The third-order valence-electron chi connectivity index (χ3n) is 4.37. The molecular formula is C18H18BrF3N2OS. The van der Waals surface area contributed by atoms with Crippen molar-refractivity contribution < 1.29 is 18.0 Å². The van der Waals surface area contributed by atoms with Gasteiger partial charge in [-0.3, -0.25) is 9.69 Å². The van der Waals surface area contributed by atoms with Crippen LogP contribution in [0.3, 0.4) is 0 Å². The maximum atomic E-state index is 12.6. The first-order valence-electron chi connectivity index (χ1n) is 8.25. The van der Waals surface area contributed by atoms with E-state index in [-0.39, 0.29) is 5.91 Å². The van der Waals surface area contributed by atoms with Crippen LogP contribution < -0.4 is 0 Å². The van der Waals surface area contributed by atoms with Gasteiger partial charge in [-0.05, 0) is 51.5 Å². The van der Waals surface area contributed by atoms with Crippen LogP contribution >= 0.6 is 27.3 Å². The lowest BCUT2D eigenvalue weighted by atomic mass is 10.1. The number of alkyl halides is 3. The van der Waals surface area contributed by atoms with Crippen molar-refractivity contribution in [2.45, 2.75) is 19.1 Å². The van der Waals surface area contributed by atoms with E-state index < -0.39 is 11.7 Å². The van der Waals surface area contributed by atoms with Crippen molar-refractivity contribution in [3.8, 4) is 0 Å². The lowest BCUT2D eigenvalue weighted by molar-refractivity contribution is -0.137. The van der Waals surface area contributed by atoms with Crippen LogP contribution in [0, 0.1) is 0 Å². The highest BCUT2D eigenvalue weighted by molar-refractivity contribution is 9.10. The van der Waals surface area contributed by atoms with Gasteiger partial charge in [0.2, 0.25) is 0 Å².